The van der Waals surface area contributed by atoms with Gasteiger partial charge in [0.1, 0.15) is 18.0 Å². The van der Waals surface area contributed by atoms with Gasteiger partial charge < -0.3 is 15.8 Å². The molecular weight excluding hydrogens is 204 g/mol. The molecule has 1 rings (SSSR count). The van der Waals surface area contributed by atoms with E-state index < -0.39 is 0 Å². The van der Waals surface area contributed by atoms with Crippen molar-refractivity contribution in [1.82, 2.24) is 9.97 Å². The van der Waals surface area contributed by atoms with E-state index in [1.807, 2.05) is 6.92 Å². The van der Waals surface area contributed by atoms with Crippen LogP contribution in [0.15, 0.2) is 6.33 Å². The molecule has 1 aromatic rings. The molecule has 0 aromatic carbocycles. The van der Waals surface area contributed by atoms with Gasteiger partial charge >= 0.3 is 0 Å². The summed E-state index contributed by atoms with van der Waals surface area (Å²) in [7, 11) is 0. The molecule has 0 saturated heterocycles. The van der Waals surface area contributed by atoms with E-state index in [0.29, 0.717) is 18.3 Å². The molecule has 0 aliphatic heterocycles. The van der Waals surface area contributed by atoms with Crippen LogP contribution in [0.1, 0.15) is 19.4 Å². The lowest BCUT2D eigenvalue weighted by Gasteiger charge is -2.10. The van der Waals surface area contributed by atoms with Crippen molar-refractivity contribution in [3.8, 4) is 0 Å². The number of ether oxygens (including phenoxy) is 1. The molecule has 0 unspecified atom stereocenters. The van der Waals surface area contributed by atoms with Crippen LogP contribution in [0.3, 0.4) is 0 Å². The van der Waals surface area contributed by atoms with E-state index in [0.717, 1.165) is 24.5 Å². The van der Waals surface area contributed by atoms with Gasteiger partial charge in [0, 0.05) is 18.7 Å². The fraction of sp³-hybridized carbons (Fsp3) is 0.636. The third-order valence-corrected chi connectivity index (χ3v) is 2.11. The zero-order valence-electron chi connectivity index (χ0n) is 10.2. The van der Waals surface area contributed by atoms with Gasteiger partial charge in [0.25, 0.3) is 0 Å². The van der Waals surface area contributed by atoms with Crippen LogP contribution in [-0.4, -0.2) is 29.7 Å². The number of nitrogens with two attached hydrogens (primary N) is 1. The highest BCUT2D eigenvalue weighted by Gasteiger charge is 2.02. The molecule has 0 aliphatic carbocycles. The van der Waals surface area contributed by atoms with Gasteiger partial charge in [0.15, 0.2) is 0 Å². The number of hydrogen-bond acceptors (Lipinski definition) is 5. The maximum Gasteiger partial charge on any atom is 0.134 e. The van der Waals surface area contributed by atoms with E-state index >= 15 is 0 Å². The summed E-state index contributed by atoms with van der Waals surface area (Å²) in [6, 6.07) is 0. The summed E-state index contributed by atoms with van der Waals surface area (Å²) in [5.74, 6) is 1.86. The first-order chi connectivity index (χ1) is 7.61. The maximum absolute atomic E-state index is 5.67. The third-order valence-electron chi connectivity index (χ3n) is 2.11. The van der Waals surface area contributed by atoms with Crippen molar-refractivity contribution in [2.45, 2.75) is 20.8 Å². The van der Waals surface area contributed by atoms with Gasteiger partial charge in [0.2, 0.25) is 0 Å². The Kier molecular flexibility index (Phi) is 4.98. The van der Waals surface area contributed by atoms with Gasteiger partial charge in [0.05, 0.1) is 6.61 Å². The van der Waals surface area contributed by atoms with Crippen LogP contribution >= 0.6 is 0 Å². The minimum atomic E-state index is 0.514. The minimum absolute atomic E-state index is 0.514. The number of nitrogens with one attached hydrogen (secondary N) is 1. The molecule has 0 saturated carbocycles. The van der Waals surface area contributed by atoms with Crippen LogP contribution in [-0.2, 0) is 4.74 Å². The van der Waals surface area contributed by atoms with Crippen molar-refractivity contribution in [2.24, 2.45) is 5.92 Å². The molecule has 5 heteroatoms. The highest BCUT2D eigenvalue weighted by Crippen LogP contribution is 2.14. The van der Waals surface area contributed by atoms with E-state index in [-0.39, 0.29) is 0 Å². The lowest BCUT2D eigenvalue weighted by molar-refractivity contribution is 0.118. The summed E-state index contributed by atoms with van der Waals surface area (Å²) >= 11 is 0. The summed E-state index contributed by atoms with van der Waals surface area (Å²) in [6.07, 6.45) is 1.46. The second-order valence-corrected chi connectivity index (χ2v) is 4.13. The van der Waals surface area contributed by atoms with Gasteiger partial charge in [-0.3, -0.25) is 0 Å². The third kappa shape index (κ3) is 4.02. The zero-order valence-corrected chi connectivity index (χ0v) is 10.2. The number of nitrogen functional groups attached to an aromatic ring is 1. The molecule has 16 heavy (non-hydrogen) atoms. The summed E-state index contributed by atoms with van der Waals surface area (Å²) in [4.78, 5) is 8.02. The van der Waals surface area contributed by atoms with Gasteiger partial charge in [-0.25, -0.2) is 9.97 Å². The van der Waals surface area contributed by atoms with E-state index in [1.165, 1.54) is 6.33 Å². The lowest BCUT2D eigenvalue weighted by Crippen LogP contribution is -2.14. The van der Waals surface area contributed by atoms with E-state index in [1.54, 1.807) is 0 Å². The Bertz CT molecular complexity index is 328. The molecule has 0 fully saturated rings. The molecule has 0 bridgehead atoms. The molecule has 0 radical (unpaired) electrons. The normalized spacial score (nSPS) is 10.8. The highest BCUT2D eigenvalue weighted by atomic mass is 16.5. The van der Waals surface area contributed by atoms with Gasteiger partial charge in [-0.1, -0.05) is 13.8 Å². The fourth-order valence-electron chi connectivity index (χ4n) is 1.20. The smallest absolute Gasteiger partial charge is 0.134 e. The molecule has 5 nitrogen and oxygen atoms in total. The topological polar surface area (TPSA) is 73.1 Å². The molecule has 1 heterocycles. The average Bonchev–Trinajstić information content (AvgIpc) is 2.23. The largest absolute Gasteiger partial charge is 0.383 e. The van der Waals surface area contributed by atoms with Crippen molar-refractivity contribution in [3.63, 3.8) is 0 Å². The Hall–Kier alpha value is -1.36. The van der Waals surface area contributed by atoms with Gasteiger partial charge in [-0.2, -0.15) is 0 Å². The number of anilines is 2. The van der Waals surface area contributed by atoms with Gasteiger partial charge in [-0.15, -0.1) is 0 Å². The van der Waals surface area contributed by atoms with Crippen molar-refractivity contribution in [1.29, 1.82) is 0 Å². The molecule has 90 valence electrons. The van der Waals surface area contributed by atoms with Crippen LogP contribution in [0.2, 0.25) is 0 Å². The Morgan fingerprint density at radius 3 is 2.88 bits per heavy atom. The molecule has 3 N–H and O–H groups in total. The van der Waals surface area contributed by atoms with E-state index in [2.05, 4.69) is 29.1 Å². The van der Waals surface area contributed by atoms with Crippen molar-refractivity contribution >= 4 is 11.6 Å². The molecule has 0 aliphatic rings. The van der Waals surface area contributed by atoms with Crippen molar-refractivity contribution in [2.75, 3.05) is 30.8 Å². The molecule has 1 aromatic heterocycles. The number of hydrogen-bond donors (Lipinski definition) is 2. The van der Waals surface area contributed by atoms with Crippen LogP contribution in [0, 0.1) is 12.8 Å². The summed E-state index contributed by atoms with van der Waals surface area (Å²) in [5.41, 5.74) is 6.55. The quantitative estimate of drug-likeness (QED) is 0.715. The summed E-state index contributed by atoms with van der Waals surface area (Å²) in [5, 5.41) is 3.17. The van der Waals surface area contributed by atoms with Crippen molar-refractivity contribution in [3.05, 3.63) is 11.9 Å². The van der Waals surface area contributed by atoms with Gasteiger partial charge in [-0.05, 0) is 12.8 Å². The Balaban J connectivity index is 2.29. The number of aromatic nitrogens is 2. The van der Waals surface area contributed by atoms with Crippen LogP contribution in [0.4, 0.5) is 11.6 Å². The Morgan fingerprint density at radius 1 is 1.44 bits per heavy atom. The Labute approximate surface area is 96.4 Å². The first-order valence-electron chi connectivity index (χ1n) is 5.50. The number of nitrogens with zero attached hydrogens (tertiary/aromatic N) is 2. The second-order valence-electron chi connectivity index (χ2n) is 4.13. The summed E-state index contributed by atoms with van der Waals surface area (Å²) in [6.45, 7) is 8.33. The maximum atomic E-state index is 5.67. The summed E-state index contributed by atoms with van der Waals surface area (Å²) < 4.78 is 5.45. The molecule has 0 amide bonds. The standard InChI is InChI=1S/C11H20N4O/c1-8(2)6-16-5-4-13-11-9(3)10(12)14-7-15-11/h7-8H,4-6H2,1-3H3,(H3,12,13,14,15). The van der Waals surface area contributed by atoms with Crippen molar-refractivity contribution < 1.29 is 4.74 Å². The van der Waals surface area contributed by atoms with E-state index in [9.17, 15) is 0 Å². The molecular formula is C11H20N4O. The van der Waals surface area contributed by atoms with E-state index in [4.69, 9.17) is 10.5 Å². The SMILES string of the molecule is Cc1c(N)ncnc1NCCOCC(C)C. The van der Waals surface area contributed by atoms with Crippen LogP contribution < -0.4 is 11.1 Å². The average molecular weight is 224 g/mol. The fourth-order valence-corrected chi connectivity index (χ4v) is 1.20. The second kappa shape index (κ2) is 6.27. The van der Waals surface area contributed by atoms with Crippen LogP contribution in [0.25, 0.3) is 0 Å². The zero-order chi connectivity index (χ0) is 12.0. The van der Waals surface area contributed by atoms with Crippen LogP contribution in [0.5, 0.6) is 0 Å². The first kappa shape index (κ1) is 12.7. The monoisotopic (exact) mass is 224 g/mol. The number of rotatable bonds is 6. The predicted octanol–water partition coefficient (Wildman–Crippen LogP) is 1.45. The molecule has 0 atom stereocenters. The minimum Gasteiger partial charge on any atom is -0.383 e. The lowest BCUT2D eigenvalue weighted by atomic mass is 10.2. The predicted molar refractivity (Wildman–Crippen MR) is 65.3 cm³/mol. The highest BCUT2D eigenvalue weighted by molar-refractivity contribution is 5.53. The Morgan fingerprint density at radius 2 is 2.19 bits per heavy atom. The first-order valence-corrected chi connectivity index (χ1v) is 5.50. The molecule has 0 spiro atoms.